The first kappa shape index (κ1) is 17.9. The molecule has 0 bridgehead atoms. The van der Waals surface area contributed by atoms with Gasteiger partial charge >= 0.3 is 0 Å². The third kappa shape index (κ3) is 7.73. The maximum atomic E-state index is 11.7. The number of aryl methyl sites for hydroxylation is 1. The van der Waals surface area contributed by atoms with Crippen LogP contribution in [0.4, 0.5) is 0 Å². The highest BCUT2D eigenvalue weighted by Gasteiger charge is 1.96. The number of rotatable bonds is 10. The van der Waals surface area contributed by atoms with Crippen molar-refractivity contribution in [2.24, 2.45) is 0 Å². The maximum absolute atomic E-state index is 11.7. The van der Waals surface area contributed by atoms with Gasteiger partial charge < -0.3 is 5.32 Å². The van der Waals surface area contributed by atoms with E-state index >= 15 is 0 Å². The van der Waals surface area contributed by atoms with E-state index in [4.69, 9.17) is 0 Å². The number of carbonyl (C=O) groups excluding carboxylic acids is 1. The molecular formula is C21H26N2O. The summed E-state index contributed by atoms with van der Waals surface area (Å²) < 4.78 is 0. The Bertz CT molecular complexity index is 608. The molecule has 0 spiro atoms. The highest BCUT2D eigenvalue weighted by atomic mass is 16.1. The average molecular weight is 322 g/mol. The van der Waals surface area contributed by atoms with E-state index in [0.29, 0.717) is 0 Å². The Kier molecular flexibility index (Phi) is 8.34. The van der Waals surface area contributed by atoms with Gasteiger partial charge in [-0.1, -0.05) is 55.7 Å². The number of hydrogen-bond acceptors (Lipinski definition) is 2. The number of unbranched alkanes of at least 4 members (excludes halogenated alkanes) is 4. The molecule has 126 valence electrons. The van der Waals surface area contributed by atoms with Crippen LogP contribution in [0.2, 0.25) is 0 Å². The van der Waals surface area contributed by atoms with Gasteiger partial charge in [0.05, 0.1) is 0 Å². The second-order valence-corrected chi connectivity index (χ2v) is 5.91. The standard InChI is InChI=1S/C21H26N2O/c24-21(15-14-20-13-9-16-22-18-20)23-17-8-3-1-2-5-10-19-11-6-4-7-12-19/h4,6-7,9,11-16,18H,1-3,5,8,10,17H2,(H,23,24)/b15-14-. The van der Waals surface area contributed by atoms with Gasteiger partial charge in [-0.15, -0.1) is 0 Å². The molecular weight excluding hydrogens is 296 g/mol. The summed E-state index contributed by atoms with van der Waals surface area (Å²) in [5.74, 6) is -0.0390. The smallest absolute Gasteiger partial charge is 0.243 e. The second-order valence-electron chi connectivity index (χ2n) is 5.91. The number of aromatic nitrogens is 1. The highest BCUT2D eigenvalue weighted by Crippen LogP contribution is 2.08. The lowest BCUT2D eigenvalue weighted by Gasteiger charge is -2.03. The molecule has 3 heteroatoms. The molecule has 3 nitrogen and oxygen atoms in total. The van der Waals surface area contributed by atoms with Crippen LogP contribution in [0, 0.1) is 0 Å². The van der Waals surface area contributed by atoms with E-state index in [1.54, 1.807) is 24.5 Å². The predicted molar refractivity (Wildman–Crippen MR) is 99.5 cm³/mol. The van der Waals surface area contributed by atoms with Crippen molar-refractivity contribution in [1.29, 1.82) is 0 Å². The van der Waals surface area contributed by atoms with Crippen molar-refractivity contribution in [2.45, 2.75) is 38.5 Å². The van der Waals surface area contributed by atoms with E-state index in [9.17, 15) is 4.79 Å². The van der Waals surface area contributed by atoms with Gasteiger partial charge in [-0.3, -0.25) is 9.78 Å². The summed E-state index contributed by atoms with van der Waals surface area (Å²) >= 11 is 0. The SMILES string of the molecule is O=C(/C=C\c1cccnc1)NCCCCCCCc1ccccc1. The molecule has 0 saturated heterocycles. The van der Waals surface area contributed by atoms with Crippen LogP contribution in [-0.4, -0.2) is 17.4 Å². The van der Waals surface area contributed by atoms with Crippen LogP contribution < -0.4 is 5.32 Å². The zero-order valence-corrected chi connectivity index (χ0v) is 14.2. The van der Waals surface area contributed by atoms with Gasteiger partial charge in [0.15, 0.2) is 0 Å². The average Bonchev–Trinajstić information content (AvgIpc) is 2.64. The van der Waals surface area contributed by atoms with Gasteiger partial charge in [-0.25, -0.2) is 0 Å². The molecule has 0 atom stereocenters. The molecule has 1 N–H and O–H groups in total. The van der Waals surface area contributed by atoms with E-state index < -0.39 is 0 Å². The third-order valence-corrected chi connectivity index (χ3v) is 3.90. The molecule has 1 aromatic carbocycles. The molecule has 24 heavy (non-hydrogen) atoms. The zero-order valence-electron chi connectivity index (χ0n) is 14.2. The molecule has 1 heterocycles. The first-order valence-corrected chi connectivity index (χ1v) is 8.74. The van der Waals surface area contributed by atoms with Crippen molar-refractivity contribution in [3.05, 3.63) is 72.1 Å². The van der Waals surface area contributed by atoms with Crippen molar-refractivity contribution in [2.75, 3.05) is 6.54 Å². The summed E-state index contributed by atoms with van der Waals surface area (Å²) in [5, 5.41) is 2.92. The first-order valence-electron chi connectivity index (χ1n) is 8.74. The van der Waals surface area contributed by atoms with E-state index in [1.165, 1.54) is 31.2 Å². The quantitative estimate of drug-likeness (QED) is 0.520. The van der Waals surface area contributed by atoms with Gasteiger partial charge in [0, 0.05) is 25.0 Å². The number of amides is 1. The number of hydrogen-bond donors (Lipinski definition) is 1. The molecule has 2 rings (SSSR count). The molecule has 0 saturated carbocycles. The van der Waals surface area contributed by atoms with Crippen LogP contribution in [0.15, 0.2) is 60.9 Å². The van der Waals surface area contributed by atoms with Gasteiger partial charge in [-0.05, 0) is 42.5 Å². The summed E-state index contributed by atoms with van der Waals surface area (Å²) in [4.78, 5) is 15.7. The van der Waals surface area contributed by atoms with Crippen molar-refractivity contribution < 1.29 is 4.79 Å². The first-order chi connectivity index (χ1) is 11.8. The fourth-order valence-corrected chi connectivity index (χ4v) is 2.55. The monoisotopic (exact) mass is 322 g/mol. The lowest BCUT2D eigenvalue weighted by Crippen LogP contribution is -2.21. The van der Waals surface area contributed by atoms with Crippen LogP contribution >= 0.6 is 0 Å². The number of nitrogens with one attached hydrogen (secondary N) is 1. The number of pyridine rings is 1. The Balaban J connectivity index is 1.46. The molecule has 0 unspecified atom stereocenters. The van der Waals surface area contributed by atoms with Crippen LogP contribution in [0.3, 0.4) is 0 Å². The predicted octanol–water partition coefficient (Wildman–Crippen LogP) is 4.40. The van der Waals surface area contributed by atoms with Crippen molar-refractivity contribution in [3.63, 3.8) is 0 Å². The molecule has 2 aromatic rings. The molecule has 1 aromatic heterocycles. The molecule has 0 fully saturated rings. The number of nitrogens with zero attached hydrogens (tertiary/aromatic N) is 1. The Morgan fingerprint density at radius 2 is 1.75 bits per heavy atom. The lowest BCUT2D eigenvalue weighted by molar-refractivity contribution is -0.116. The summed E-state index contributed by atoms with van der Waals surface area (Å²) in [6.07, 6.45) is 13.9. The number of benzene rings is 1. The van der Waals surface area contributed by atoms with E-state index in [2.05, 4.69) is 40.6 Å². The Hall–Kier alpha value is -2.42. The van der Waals surface area contributed by atoms with E-state index in [0.717, 1.165) is 24.9 Å². The molecule has 1 amide bonds. The van der Waals surface area contributed by atoms with Gasteiger partial charge in [0.2, 0.25) is 5.91 Å². The summed E-state index contributed by atoms with van der Waals surface area (Å²) in [6, 6.07) is 14.4. The van der Waals surface area contributed by atoms with Crippen LogP contribution in [-0.2, 0) is 11.2 Å². The molecule has 0 aliphatic heterocycles. The van der Waals surface area contributed by atoms with Gasteiger partial charge in [0.1, 0.15) is 0 Å². The second kappa shape index (κ2) is 11.2. The minimum atomic E-state index is -0.0390. The molecule has 0 aliphatic carbocycles. The minimum Gasteiger partial charge on any atom is -0.353 e. The topological polar surface area (TPSA) is 42.0 Å². The van der Waals surface area contributed by atoms with Crippen molar-refractivity contribution >= 4 is 12.0 Å². The lowest BCUT2D eigenvalue weighted by atomic mass is 10.1. The summed E-state index contributed by atoms with van der Waals surface area (Å²) in [6.45, 7) is 0.745. The third-order valence-electron chi connectivity index (χ3n) is 3.90. The van der Waals surface area contributed by atoms with E-state index in [-0.39, 0.29) is 5.91 Å². The molecule has 0 radical (unpaired) electrons. The van der Waals surface area contributed by atoms with Crippen LogP contribution in [0.25, 0.3) is 6.08 Å². The van der Waals surface area contributed by atoms with Gasteiger partial charge in [-0.2, -0.15) is 0 Å². The normalized spacial score (nSPS) is 10.8. The van der Waals surface area contributed by atoms with E-state index in [1.807, 2.05) is 12.1 Å². The zero-order chi connectivity index (χ0) is 16.9. The summed E-state index contributed by atoms with van der Waals surface area (Å²) in [5.41, 5.74) is 2.36. The Labute approximate surface area is 144 Å². The van der Waals surface area contributed by atoms with Crippen molar-refractivity contribution in [1.82, 2.24) is 10.3 Å². The summed E-state index contributed by atoms with van der Waals surface area (Å²) in [7, 11) is 0. The van der Waals surface area contributed by atoms with Gasteiger partial charge in [0.25, 0.3) is 0 Å². The fraction of sp³-hybridized carbons (Fsp3) is 0.333. The minimum absolute atomic E-state index is 0.0390. The largest absolute Gasteiger partial charge is 0.353 e. The maximum Gasteiger partial charge on any atom is 0.243 e. The highest BCUT2D eigenvalue weighted by molar-refractivity contribution is 5.91. The Morgan fingerprint density at radius 3 is 2.54 bits per heavy atom. The van der Waals surface area contributed by atoms with Crippen LogP contribution in [0.1, 0.15) is 43.2 Å². The van der Waals surface area contributed by atoms with Crippen LogP contribution in [0.5, 0.6) is 0 Å². The number of carbonyl (C=O) groups is 1. The fourth-order valence-electron chi connectivity index (χ4n) is 2.55. The Morgan fingerprint density at radius 1 is 0.958 bits per heavy atom. The molecule has 0 aliphatic rings. The van der Waals surface area contributed by atoms with Crippen molar-refractivity contribution in [3.8, 4) is 0 Å².